The molecular formula is C25H30F3O4PSSi. The molecule has 1 unspecified atom stereocenters. The van der Waals surface area contributed by atoms with E-state index in [1.165, 1.54) is 15.9 Å². The third-order valence-electron chi connectivity index (χ3n) is 5.04. The Hall–Kier alpha value is -2.03. The maximum absolute atomic E-state index is 10.7. The first kappa shape index (κ1) is 29.2. The number of hydrogen-bond donors (Lipinski definition) is 0. The van der Waals surface area contributed by atoms with E-state index in [1.807, 2.05) is 0 Å². The Kier molecular flexibility index (Phi) is 9.85. The van der Waals surface area contributed by atoms with Gasteiger partial charge in [-0.3, -0.25) is 0 Å². The van der Waals surface area contributed by atoms with Crippen LogP contribution in [0.2, 0.25) is 19.6 Å². The summed E-state index contributed by atoms with van der Waals surface area (Å²) in [5, 5.41) is 4.19. The van der Waals surface area contributed by atoms with E-state index in [2.05, 4.69) is 118 Å². The molecule has 0 N–H and O–H groups in total. The van der Waals surface area contributed by atoms with Crippen LogP contribution in [-0.4, -0.2) is 32.6 Å². The van der Waals surface area contributed by atoms with E-state index in [-0.39, 0.29) is 5.85 Å². The van der Waals surface area contributed by atoms with Crippen molar-refractivity contribution in [3.63, 3.8) is 0 Å². The minimum atomic E-state index is -6.09. The van der Waals surface area contributed by atoms with Crippen LogP contribution in [0.1, 0.15) is 13.3 Å². The first-order valence-corrected chi connectivity index (χ1v) is 17.7. The number of alkyl halides is 3. The molecule has 0 heterocycles. The Balaban J connectivity index is 0.000000466. The number of rotatable bonds is 7. The number of benzene rings is 3. The van der Waals surface area contributed by atoms with Crippen LogP contribution in [0.15, 0.2) is 91.0 Å². The van der Waals surface area contributed by atoms with Crippen molar-refractivity contribution in [2.24, 2.45) is 0 Å². The molecule has 10 heteroatoms. The van der Waals surface area contributed by atoms with Crippen LogP contribution in [0.25, 0.3) is 0 Å². The fourth-order valence-corrected chi connectivity index (χ4v) is 10.7. The molecule has 0 saturated heterocycles. The lowest BCUT2D eigenvalue weighted by atomic mass is 10.3. The summed E-state index contributed by atoms with van der Waals surface area (Å²) in [5.74, 6) is 0.177. The predicted octanol–water partition coefficient (Wildman–Crippen LogP) is 5.62. The van der Waals surface area contributed by atoms with E-state index < -0.39 is 31.2 Å². The van der Waals surface area contributed by atoms with Crippen molar-refractivity contribution in [2.75, 3.05) is 0 Å². The second-order valence-corrected chi connectivity index (χ2v) is 18.1. The Morgan fingerprint density at radius 1 is 0.800 bits per heavy atom. The van der Waals surface area contributed by atoms with E-state index in [0.29, 0.717) is 0 Å². The van der Waals surface area contributed by atoms with Gasteiger partial charge in [0.05, 0.1) is 0 Å². The molecule has 0 fully saturated rings. The van der Waals surface area contributed by atoms with Gasteiger partial charge in [-0.25, -0.2) is 8.42 Å². The summed E-state index contributed by atoms with van der Waals surface area (Å²) in [7, 11) is -9.76. The summed E-state index contributed by atoms with van der Waals surface area (Å²) < 4.78 is 65.8. The van der Waals surface area contributed by atoms with Gasteiger partial charge in [0, 0.05) is 6.42 Å². The van der Waals surface area contributed by atoms with E-state index >= 15 is 0 Å². The summed E-state index contributed by atoms with van der Waals surface area (Å²) in [6, 6.07) is 33.1. The third-order valence-corrected chi connectivity index (χ3v) is 11.5. The lowest BCUT2D eigenvalue weighted by Gasteiger charge is -2.37. The van der Waals surface area contributed by atoms with Crippen molar-refractivity contribution in [1.82, 2.24) is 0 Å². The lowest BCUT2D eigenvalue weighted by molar-refractivity contribution is -0.0517. The van der Waals surface area contributed by atoms with Crippen molar-refractivity contribution in [3.05, 3.63) is 91.0 Å². The third kappa shape index (κ3) is 7.48. The molecule has 4 nitrogen and oxygen atoms in total. The minimum Gasteiger partial charge on any atom is -0.741 e. The molecule has 3 aromatic carbocycles. The van der Waals surface area contributed by atoms with Crippen LogP contribution in [0.4, 0.5) is 13.2 Å². The maximum atomic E-state index is 10.7. The van der Waals surface area contributed by atoms with Crippen molar-refractivity contribution in [1.29, 1.82) is 0 Å². The van der Waals surface area contributed by atoms with Crippen molar-refractivity contribution in [3.8, 4) is 0 Å². The van der Waals surface area contributed by atoms with E-state index in [9.17, 15) is 13.2 Å². The molecule has 0 saturated carbocycles. The van der Waals surface area contributed by atoms with Crippen molar-refractivity contribution in [2.45, 2.75) is 44.3 Å². The first-order valence-electron chi connectivity index (χ1n) is 11.0. The second-order valence-electron chi connectivity index (χ2n) is 8.72. The summed E-state index contributed by atoms with van der Waals surface area (Å²) in [6.45, 7) is 9.16. The topological polar surface area (TPSA) is 66.4 Å². The number of hydrogen-bond acceptors (Lipinski definition) is 4. The van der Waals surface area contributed by atoms with Crippen LogP contribution in [0, 0.1) is 0 Å². The van der Waals surface area contributed by atoms with Gasteiger partial charge in [-0.15, -0.1) is 0 Å². The number of halogens is 3. The monoisotopic (exact) mass is 542 g/mol. The highest BCUT2D eigenvalue weighted by atomic mass is 32.2. The smallest absolute Gasteiger partial charge is 0.485 e. The molecule has 0 bridgehead atoms. The Bertz CT molecular complexity index is 1060. The molecule has 0 aliphatic heterocycles. The second kappa shape index (κ2) is 11.8. The molecule has 0 spiro atoms. The highest BCUT2D eigenvalue weighted by molar-refractivity contribution is 7.96. The van der Waals surface area contributed by atoms with Gasteiger partial charge in [-0.05, 0) is 56.0 Å². The SMILES string of the molecule is CCC(O[Si](C)(C)C)[P+](c1ccccc1)(c1ccccc1)c1ccccc1.O=S(=O)([O-])C(F)(F)F. The molecule has 0 amide bonds. The largest absolute Gasteiger partial charge is 0.741 e. The van der Waals surface area contributed by atoms with E-state index in [0.717, 1.165) is 6.42 Å². The highest BCUT2D eigenvalue weighted by Gasteiger charge is 2.53. The Morgan fingerprint density at radius 3 is 1.29 bits per heavy atom. The zero-order valence-electron chi connectivity index (χ0n) is 20.1. The van der Waals surface area contributed by atoms with Gasteiger partial charge in [0.2, 0.25) is 0 Å². The molecular weight excluding hydrogens is 512 g/mol. The maximum Gasteiger partial charge on any atom is 0.485 e. The Morgan fingerprint density at radius 2 is 1.09 bits per heavy atom. The fourth-order valence-electron chi connectivity index (χ4n) is 3.78. The summed E-state index contributed by atoms with van der Waals surface area (Å²) in [4.78, 5) is 0. The van der Waals surface area contributed by atoms with Gasteiger partial charge in [0.1, 0.15) is 23.2 Å². The fraction of sp³-hybridized carbons (Fsp3) is 0.280. The van der Waals surface area contributed by atoms with Crippen LogP contribution >= 0.6 is 7.26 Å². The summed E-state index contributed by atoms with van der Waals surface area (Å²) in [5.41, 5.74) is -5.65. The van der Waals surface area contributed by atoms with E-state index in [4.69, 9.17) is 17.4 Å². The summed E-state index contributed by atoms with van der Waals surface area (Å²) >= 11 is 0. The van der Waals surface area contributed by atoms with Crippen LogP contribution in [0.3, 0.4) is 0 Å². The quantitative estimate of drug-likeness (QED) is 0.168. The van der Waals surface area contributed by atoms with Crippen molar-refractivity contribution >= 4 is 41.6 Å². The zero-order valence-corrected chi connectivity index (χ0v) is 22.8. The molecule has 1 atom stereocenters. The minimum absolute atomic E-state index is 0.177. The van der Waals surface area contributed by atoms with Gasteiger partial charge in [-0.2, -0.15) is 13.2 Å². The highest BCUT2D eigenvalue weighted by Crippen LogP contribution is 2.61. The van der Waals surface area contributed by atoms with Gasteiger partial charge in [0.15, 0.2) is 24.3 Å². The van der Waals surface area contributed by atoms with Crippen LogP contribution in [-0.2, 0) is 14.5 Å². The Labute approximate surface area is 207 Å². The normalized spacial score (nSPS) is 13.5. The molecule has 3 rings (SSSR count). The van der Waals surface area contributed by atoms with Crippen LogP contribution in [0.5, 0.6) is 0 Å². The van der Waals surface area contributed by atoms with Gasteiger partial charge < -0.3 is 8.98 Å². The molecule has 35 heavy (non-hydrogen) atoms. The van der Waals surface area contributed by atoms with Gasteiger partial charge in [0.25, 0.3) is 0 Å². The lowest BCUT2D eigenvalue weighted by Crippen LogP contribution is -2.44. The van der Waals surface area contributed by atoms with Gasteiger partial charge in [-0.1, -0.05) is 61.5 Å². The molecule has 0 aliphatic rings. The first-order chi connectivity index (χ1) is 16.2. The molecule has 0 aromatic heterocycles. The summed E-state index contributed by atoms with van der Waals surface area (Å²) in [6.07, 6.45) is 0.997. The standard InChI is InChI=1S/C24H30OPSi.CHF3O3S/c1-5-24(25-27(2,3)4)26(21-15-9-6-10-16-21,22-17-11-7-12-18-22)23-19-13-8-14-20-23;2-1(3,4)8(5,6)7/h6-20,24H,5H2,1-4H3;(H,5,6,7)/q+1;/p-1. The molecule has 0 aliphatic carbocycles. The van der Waals surface area contributed by atoms with Crippen molar-refractivity contribution < 1.29 is 30.6 Å². The zero-order chi connectivity index (χ0) is 26.3. The van der Waals surface area contributed by atoms with E-state index in [1.54, 1.807) is 0 Å². The molecule has 3 aromatic rings. The average molecular weight is 543 g/mol. The average Bonchev–Trinajstić information content (AvgIpc) is 2.79. The predicted molar refractivity (Wildman–Crippen MR) is 139 cm³/mol. The van der Waals surface area contributed by atoms with Gasteiger partial charge >= 0.3 is 5.51 Å². The molecule has 0 radical (unpaired) electrons. The molecule has 190 valence electrons. The van der Waals surface area contributed by atoms with Crippen LogP contribution < -0.4 is 15.9 Å².